The van der Waals surface area contributed by atoms with E-state index in [4.69, 9.17) is 22.1 Å². The lowest BCUT2D eigenvalue weighted by Crippen LogP contribution is -2.12. The molecule has 1 aromatic carbocycles. The zero-order valence-electron chi connectivity index (χ0n) is 9.82. The second-order valence-corrected chi connectivity index (χ2v) is 5.31. The van der Waals surface area contributed by atoms with Gasteiger partial charge in [0.25, 0.3) is 0 Å². The van der Waals surface area contributed by atoms with Crippen LogP contribution in [-0.4, -0.2) is 7.11 Å². The number of thiophene rings is 1. The van der Waals surface area contributed by atoms with Crippen molar-refractivity contribution in [1.29, 1.82) is 0 Å². The highest BCUT2D eigenvalue weighted by atomic mass is 35.5. The summed E-state index contributed by atoms with van der Waals surface area (Å²) in [6.07, 6.45) is 0.437. The Labute approximate surface area is 114 Å². The lowest BCUT2D eigenvalue weighted by Gasteiger charge is -2.10. The summed E-state index contributed by atoms with van der Waals surface area (Å²) >= 11 is 7.22. The lowest BCUT2D eigenvalue weighted by atomic mass is 10.0. The van der Waals surface area contributed by atoms with Crippen LogP contribution in [0.25, 0.3) is 0 Å². The van der Waals surface area contributed by atoms with E-state index >= 15 is 0 Å². The van der Waals surface area contributed by atoms with Gasteiger partial charge in [0.15, 0.2) is 0 Å². The predicted molar refractivity (Wildman–Crippen MR) is 72.9 cm³/mol. The van der Waals surface area contributed by atoms with Crippen molar-refractivity contribution in [2.45, 2.75) is 12.5 Å². The van der Waals surface area contributed by atoms with E-state index in [1.165, 1.54) is 17.4 Å². The van der Waals surface area contributed by atoms with Crippen molar-refractivity contribution < 1.29 is 9.13 Å². The summed E-state index contributed by atoms with van der Waals surface area (Å²) in [5.74, 6) is 0.462. The fourth-order valence-electron chi connectivity index (χ4n) is 1.66. The van der Waals surface area contributed by atoms with Gasteiger partial charge >= 0.3 is 0 Å². The van der Waals surface area contributed by atoms with Gasteiger partial charge in [0.1, 0.15) is 11.6 Å². The highest BCUT2D eigenvalue weighted by molar-refractivity contribution is 7.10. The smallest absolute Gasteiger partial charge is 0.129 e. The molecule has 0 saturated carbocycles. The number of halogens is 2. The van der Waals surface area contributed by atoms with E-state index in [-0.39, 0.29) is 11.9 Å². The minimum absolute atomic E-state index is 0.241. The lowest BCUT2D eigenvalue weighted by molar-refractivity contribution is 0.416. The Morgan fingerprint density at radius 2 is 2.22 bits per heavy atom. The molecule has 2 nitrogen and oxygen atoms in total. The number of hydrogen-bond acceptors (Lipinski definition) is 3. The molecule has 1 heterocycles. The van der Waals surface area contributed by atoms with Crippen LogP contribution in [-0.2, 0) is 6.42 Å². The van der Waals surface area contributed by atoms with Gasteiger partial charge in [-0.1, -0.05) is 17.7 Å². The first-order chi connectivity index (χ1) is 8.60. The third-order valence-corrected chi connectivity index (χ3v) is 3.93. The molecule has 18 heavy (non-hydrogen) atoms. The molecule has 1 unspecified atom stereocenters. The van der Waals surface area contributed by atoms with Gasteiger partial charge in [0.05, 0.1) is 7.11 Å². The Hall–Kier alpha value is -1.10. The van der Waals surface area contributed by atoms with E-state index in [0.717, 1.165) is 10.6 Å². The number of benzene rings is 1. The maximum atomic E-state index is 13.6. The van der Waals surface area contributed by atoms with Gasteiger partial charge in [-0.05, 0) is 30.2 Å². The van der Waals surface area contributed by atoms with Crippen molar-refractivity contribution in [2.75, 3.05) is 7.11 Å². The summed E-state index contributed by atoms with van der Waals surface area (Å²) in [6.45, 7) is 0. The maximum Gasteiger partial charge on any atom is 0.129 e. The van der Waals surface area contributed by atoms with Crippen LogP contribution in [0.3, 0.4) is 0 Å². The Balaban J connectivity index is 2.13. The van der Waals surface area contributed by atoms with E-state index in [0.29, 0.717) is 17.0 Å². The third-order valence-electron chi connectivity index (χ3n) is 2.65. The van der Waals surface area contributed by atoms with E-state index in [1.54, 1.807) is 19.2 Å². The topological polar surface area (TPSA) is 35.2 Å². The Morgan fingerprint density at radius 1 is 1.44 bits per heavy atom. The van der Waals surface area contributed by atoms with Crippen LogP contribution in [0.1, 0.15) is 16.5 Å². The van der Waals surface area contributed by atoms with E-state index in [2.05, 4.69) is 0 Å². The zero-order chi connectivity index (χ0) is 13.1. The minimum Gasteiger partial charge on any atom is -0.496 e. The molecule has 1 atom stereocenters. The molecule has 0 radical (unpaired) electrons. The van der Waals surface area contributed by atoms with Crippen molar-refractivity contribution in [3.05, 3.63) is 50.9 Å². The molecule has 0 aliphatic rings. The van der Waals surface area contributed by atoms with E-state index < -0.39 is 0 Å². The van der Waals surface area contributed by atoms with Gasteiger partial charge in [0.2, 0.25) is 0 Å². The SMILES string of the molecule is COc1csc(C(N)Cc2ccc(Cl)cc2F)c1. The molecule has 96 valence electrons. The van der Waals surface area contributed by atoms with Crippen molar-refractivity contribution in [3.63, 3.8) is 0 Å². The van der Waals surface area contributed by atoms with Crippen LogP contribution in [0.2, 0.25) is 5.02 Å². The van der Waals surface area contributed by atoms with E-state index in [9.17, 15) is 4.39 Å². The number of methoxy groups -OCH3 is 1. The van der Waals surface area contributed by atoms with Crippen LogP contribution >= 0.6 is 22.9 Å². The second-order valence-electron chi connectivity index (χ2n) is 3.94. The van der Waals surface area contributed by atoms with Crippen molar-refractivity contribution in [2.24, 2.45) is 5.73 Å². The average molecular weight is 286 g/mol. The molecule has 0 spiro atoms. The highest BCUT2D eigenvalue weighted by Crippen LogP contribution is 2.28. The van der Waals surface area contributed by atoms with Gasteiger partial charge in [-0.25, -0.2) is 4.39 Å². The monoisotopic (exact) mass is 285 g/mol. The predicted octanol–water partition coefficient (Wildman–Crippen LogP) is 3.79. The Kier molecular flexibility index (Phi) is 4.22. The normalized spacial score (nSPS) is 12.4. The Morgan fingerprint density at radius 3 is 2.83 bits per heavy atom. The number of nitrogens with two attached hydrogens (primary N) is 1. The van der Waals surface area contributed by atoms with Gasteiger partial charge in [-0.3, -0.25) is 0 Å². The quantitative estimate of drug-likeness (QED) is 0.927. The number of rotatable bonds is 4. The van der Waals surface area contributed by atoms with Crippen molar-refractivity contribution >= 4 is 22.9 Å². The summed E-state index contributed by atoms with van der Waals surface area (Å²) in [6, 6.07) is 6.28. The first kappa shape index (κ1) is 13.3. The van der Waals surface area contributed by atoms with Crippen LogP contribution in [0.5, 0.6) is 5.75 Å². The Bertz CT molecular complexity index is 544. The molecule has 2 N–H and O–H groups in total. The van der Waals surface area contributed by atoms with Crippen molar-refractivity contribution in [1.82, 2.24) is 0 Å². The highest BCUT2D eigenvalue weighted by Gasteiger charge is 2.13. The first-order valence-electron chi connectivity index (χ1n) is 5.42. The molecule has 0 fully saturated rings. The summed E-state index contributed by atoms with van der Waals surface area (Å²) in [5, 5.41) is 2.27. The van der Waals surface area contributed by atoms with Gasteiger partial charge in [0, 0.05) is 21.3 Å². The molecule has 5 heteroatoms. The molecule has 2 rings (SSSR count). The third kappa shape index (κ3) is 3.02. The molecule has 2 aromatic rings. The summed E-state index contributed by atoms with van der Waals surface area (Å²) in [4.78, 5) is 0.973. The fraction of sp³-hybridized carbons (Fsp3) is 0.231. The summed E-state index contributed by atoms with van der Waals surface area (Å²) in [5.41, 5.74) is 6.63. The van der Waals surface area contributed by atoms with Crippen molar-refractivity contribution in [3.8, 4) is 5.75 Å². The molecular formula is C13H13ClFNOS. The summed E-state index contributed by atoms with van der Waals surface area (Å²) in [7, 11) is 1.61. The van der Waals surface area contributed by atoms with Crippen LogP contribution in [0, 0.1) is 5.82 Å². The number of ether oxygens (including phenoxy) is 1. The van der Waals surface area contributed by atoms with E-state index in [1.807, 2.05) is 11.4 Å². The molecule has 0 bridgehead atoms. The van der Waals surface area contributed by atoms with Gasteiger partial charge in [-0.2, -0.15) is 0 Å². The standard InChI is InChI=1S/C13H13ClFNOS/c1-17-10-6-13(18-7-10)12(16)4-8-2-3-9(14)5-11(8)15/h2-3,5-7,12H,4,16H2,1H3. The zero-order valence-corrected chi connectivity index (χ0v) is 11.4. The first-order valence-corrected chi connectivity index (χ1v) is 6.68. The molecule has 0 aliphatic carbocycles. The molecule has 1 aromatic heterocycles. The molecular weight excluding hydrogens is 273 g/mol. The number of hydrogen-bond donors (Lipinski definition) is 1. The fourth-order valence-corrected chi connectivity index (χ4v) is 2.68. The maximum absolute atomic E-state index is 13.6. The summed E-state index contributed by atoms with van der Waals surface area (Å²) < 4.78 is 18.7. The van der Waals surface area contributed by atoms with Crippen LogP contribution in [0.4, 0.5) is 4.39 Å². The average Bonchev–Trinajstić information content (AvgIpc) is 2.81. The molecule has 0 aliphatic heterocycles. The van der Waals surface area contributed by atoms with Crippen LogP contribution < -0.4 is 10.5 Å². The molecule has 0 amide bonds. The second kappa shape index (κ2) is 5.69. The molecule has 0 saturated heterocycles. The van der Waals surface area contributed by atoms with Gasteiger partial charge < -0.3 is 10.5 Å². The van der Waals surface area contributed by atoms with Crippen LogP contribution in [0.15, 0.2) is 29.6 Å². The minimum atomic E-state index is -0.318. The largest absolute Gasteiger partial charge is 0.496 e. The van der Waals surface area contributed by atoms with Gasteiger partial charge in [-0.15, -0.1) is 11.3 Å².